The summed E-state index contributed by atoms with van der Waals surface area (Å²) >= 11 is 1.63. The number of para-hydroxylation sites is 2. The highest BCUT2D eigenvalue weighted by atomic mass is 32.1. The molecule has 140 valence electrons. The lowest BCUT2D eigenvalue weighted by Gasteiger charge is -2.10. The first-order chi connectivity index (χ1) is 13.6. The van der Waals surface area contributed by atoms with Gasteiger partial charge in [0.25, 0.3) is 0 Å². The summed E-state index contributed by atoms with van der Waals surface area (Å²) in [5, 5.41) is 3.95. The fraction of sp³-hybridized carbons (Fsp3) is 0.130. The monoisotopic (exact) mass is 388 g/mol. The van der Waals surface area contributed by atoms with Crippen molar-refractivity contribution in [2.75, 3.05) is 12.4 Å². The molecular weight excluding hydrogens is 368 g/mol. The van der Waals surface area contributed by atoms with Crippen LogP contribution in [0.4, 0.5) is 5.69 Å². The van der Waals surface area contributed by atoms with E-state index in [0.717, 1.165) is 43.4 Å². The maximum absolute atomic E-state index is 12.6. The van der Waals surface area contributed by atoms with Crippen LogP contribution in [0.15, 0.2) is 66.7 Å². The van der Waals surface area contributed by atoms with Gasteiger partial charge in [0.2, 0.25) is 5.91 Å². The molecule has 1 N–H and O–H groups in total. The second kappa shape index (κ2) is 7.82. The molecule has 0 atom stereocenters. The molecule has 0 saturated carbocycles. The highest BCUT2D eigenvalue weighted by Crippen LogP contribution is 2.34. The fourth-order valence-electron chi connectivity index (χ4n) is 3.20. The van der Waals surface area contributed by atoms with Crippen molar-refractivity contribution in [1.82, 2.24) is 4.98 Å². The minimum Gasteiger partial charge on any atom is -0.496 e. The summed E-state index contributed by atoms with van der Waals surface area (Å²) in [6, 6.07) is 21.6. The van der Waals surface area contributed by atoms with E-state index in [1.54, 1.807) is 18.4 Å². The van der Waals surface area contributed by atoms with E-state index < -0.39 is 0 Å². The van der Waals surface area contributed by atoms with Crippen LogP contribution in [0.25, 0.3) is 20.8 Å². The van der Waals surface area contributed by atoms with Crippen molar-refractivity contribution in [2.45, 2.75) is 13.3 Å². The highest BCUT2D eigenvalue weighted by molar-refractivity contribution is 7.21. The number of fused-ring (bicyclic) bond motifs is 1. The number of carbonyl (C=O) groups is 1. The lowest BCUT2D eigenvalue weighted by atomic mass is 10.1. The molecule has 0 aliphatic rings. The van der Waals surface area contributed by atoms with Crippen LogP contribution in [0.5, 0.6) is 5.75 Å². The van der Waals surface area contributed by atoms with E-state index in [1.165, 1.54) is 0 Å². The number of aryl methyl sites for hydroxylation is 1. The first-order valence-electron chi connectivity index (χ1n) is 9.02. The summed E-state index contributed by atoms with van der Waals surface area (Å²) < 4.78 is 6.42. The van der Waals surface area contributed by atoms with E-state index >= 15 is 0 Å². The molecular formula is C23H20N2O2S. The van der Waals surface area contributed by atoms with Gasteiger partial charge in [-0.3, -0.25) is 4.79 Å². The minimum atomic E-state index is -0.0573. The lowest BCUT2D eigenvalue weighted by molar-refractivity contribution is -0.115. The molecule has 5 heteroatoms. The Labute approximate surface area is 167 Å². The molecule has 1 amide bonds. The topological polar surface area (TPSA) is 51.2 Å². The van der Waals surface area contributed by atoms with E-state index in [0.29, 0.717) is 6.42 Å². The van der Waals surface area contributed by atoms with E-state index in [1.807, 2.05) is 67.6 Å². The molecule has 3 aromatic carbocycles. The molecule has 0 spiro atoms. The number of hydrogen-bond acceptors (Lipinski definition) is 4. The number of benzene rings is 3. The molecule has 0 fully saturated rings. The number of carbonyl (C=O) groups excluding carboxylic acids is 1. The number of rotatable bonds is 5. The standard InChI is InChI=1S/C23H20N2O2S/c1-15-13-16(11-12-20(15)27-2)14-22(26)24-18-8-4-3-7-17(18)23-25-19-9-5-6-10-21(19)28-23/h3-13H,14H2,1-2H3,(H,24,26). The zero-order valence-corrected chi connectivity index (χ0v) is 16.5. The first-order valence-corrected chi connectivity index (χ1v) is 9.84. The fourth-order valence-corrected chi connectivity index (χ4v) is 4.20. The number of ether oxygens (including phenoxy) is 1. The van der Waals surface area contributed by atoms with Crippen molar-refractivity contribution < 1.29 is 9.53 Å². The van der Waals surface area contributed by atoms with Crippen LogP contribution < -0.4 is 10.1 Å². The second-order valence-corrected chi connectivity index (χ2v) is 7.59. The summed E-state index contributed by atoms with van der Waals surface area (Å²) in [6.45, 7) is 1.97. The summed E-state index contributed by atoms with van der Waals surface area (Å²) in [7, 11) is 1.65. The zero-order chi connectivity index (χ0) is 19.5. The maximum Gasteiger partial charge on any atom is 0.228 e. The van der Waals surface area contributed by atoms with Crippen molar-refractivity contribution >= 4 is 33.1 Å². The molecule has 1 aromatic heterocycles. The predicted molar refractivity (Wildman–Crippen MR) is 115 cm³/mol. The van der Waals surface area contributed by atoms with Crippen LogP contribution in [0.2, 0.25) is 0 Å². The lowest BCUT2D eigenvalue weighted by Crippen LogP contribution is -2.15. The molecule has 0 saturated heterocycles. The molecule has 28 heavy (non-hydrogen) atoms. The van der Waals surface area contributed by atoms with Crippen LogP contribution in [-0.4, -0.2) is 18.0 Å². The van der Waals surface area contributed by atoms with Gasteiger partial charge in [-0.05, 0) is 48.4 Å². The van der Waals surface area contributed by atoms with Gasteiger partial charge in [0.15, 0.2) is 0 Å². The molecule has 0 aliphatic heterocycles. The third kappa shape index (κ3) is 3.75. The molecule has 4 aromatic rings. The summed E-state index contributed by atoms with van der Waals surface area (Å²) in [4.78, 5) is 17.4. The molecule has 0 unspecified atom stereocenters. The Hall–Kier alpha value is -3.18. The molecule has 0 radical (unpaired) electrons. The Balaban J connectivity index is 1.57. The van der Waals surface area contributed by atoms with Gasteiger partial charge in [-0.15, -0.1) is 11.3 Å². The predicted octanol–water partition coefficient (Wildman–Crippen LogP) is 5.46. The van der Waals surface area contributed by atoms with Gasteiger partial charge < -0.3 is 10.1 Å². The van der Waals surface area contributed by atoms with Gasteiger partial charge in [-0.2, -0.15) is 0 Å². The second-order valence-electron chi connectivity index (χ2n) is 6.56. The van der Waals surface area contributed by atoms with Crippen LogP contribution in [0.3, 0.4) is 0 Å². The SMILES string of the molecule is COc1ccc(CC(=O)Nc2ccccc2-c2nc3ccccc3s2)cc1C. The average Bonchev–Trinajstić information content (AvgIpc) is 3.12. The van der Waals surface area contributed by atoms with Gasteiger partial charge in [-0.1, -0.05) is 36.4 Å². The van der Waals surface area contributed by atoms with Gasteiger partial charge in [0.05, 0.1) is 29.4 Å². The Morgan fingerprint density at radius 2 is 1.86 bits per heavy atom. The van der Waals surface area contributed by atoms with Gasteiger partial charge in [0, 0.05) is 5.56 Å². The zero-order valence-electron chi connectivity index (χ0n) is 15.7. The van der Waals surface area contributed by atoms with Crippen LogP contribution in [0, 0.1) is 6.92 Å². The van der Waals surface area contributed by atoms with Crippen molar-refractivity contribution in [2.24, 2.45) is 0 Å². The third-order valence-electron chi connectivity index (χ3n) is 4.55. The first kappa shape index (κ1) is 18.2. The van der Waals surface area contributed by atoms with Crippen LogP contribution in [-0.2, 0) is 11.2 Å². The van der Waals surface area contributed by atoms with E-state index in [9.17, 15) is 4.79 Å². The van der Waals surface area contributed by atoms with Crippen molar-refractivity contribution in [3.8, 4) is 16.3 Å². The number of aromatic nitrogens is 1. The van der Waals surface area contributed by atoms with Crippen LogP contribution in [0.1, 0.15) is 11.1 Å². The number of methoxy groups -OCH3 is 1. The third-order valence-corrected chi connectivity index (χ3v) is 5.62. The largest absolute Gasteiger partial charge is 0.496 e. The number of nitrogens with one attached hydrogen (secondary N) is 1. The number of amides is 1. The van der Waals surface area contributed by atoms with E-state index in [2.05, 4.69) is 11.4 Å². The summed E-state index contributed by atoms with van der Waals surface area (Å²) in [5.41, 5.74) is 4.65. The minimum absolute atomic E-state index is 0.0573. The van der Waals surface area contributed by atoms with Crippen molar-refractivity contribution in [1.29, 1.82) is 0 Å². The normalized spacial score (nSPS) is 10.8. The molecule has 1 heterocycles. The Morgan fingerprint density at radius 3 is 2.64 bits per heavy atom. The van der Waals surface area contributed by atoms with Crippen molar-refractivity contribution in [3.05, 3.63) is 77.9 Å². The molecule has 4 nitrogen and oxygen atoms in total. The van der Waals surface area contributed by atoms with E-state index in [-0.39, 0.29) is 5.91 Å². The number of anilines is 1. The molecule has 0 aliphatic carbocycles. The van der Waals surface area contributed by atoms with Gasteiger partial charge in [0.1, 0.15) is 10.8 Å². The summed E-state index contributed by atoms with van der Waals surface area (Å²) in [5.74, 6) is 0.767. The quantitative estimate of drug-likeness (QED) is 0.494. The van der Waals surface area contributed by atoms with Gasteiger partial charge >= 0.3 is 0 Å². The van der Waals surface area contributed by atoms with Crippen LogP contribution >= 0.6 is 11.3 Å². The Morgan fingerprint density at radius 1 is 1.07 bits per heavy atom. The summed E-state index contributed by atoms with van der Waals surface area (Å²) in [6.07, 6.45) is 0.305. The molecule has 0 bridgehead atoms. The van der Waals surface area contributed by atoms with Crippen molar-refractivity contribution in [3.63, 3.8) is 0 Å². The number of nitrogens with zero attached hydrogens (tertiary/aromatic N) is 1. The van der Waals surface area contributed by atoms with E-state index in [4.69, 9.17) is 9.72 Å². The highest BCUT2D eigenvalue weighted by Gasteiger charge is 2.13. The number of thiazole rings is 1. The Bertz CT molecular complexity index is 1120. The van der Waals surface area contributed by atoms with Gasteiger partial charge in [-0.25, -0.2) is 4.98 Å². The molecule has 4 rings (SSSR count). The Kier molecular flexibility index (Phi) is 5.08. The average molecular weight is 388 g/mol. The number of hydrogen-bond donors (Lipinski definition) is 1. The smallest absolute Gasteiger partial charge is 0.228 e. The maximum atomic E-state index is 12.6.